The fourth-order valence-corrected chi connectivity index (χ4v) is 3.02. The SMILES string of the molecule is C[C@@H]1CN(c2nsc3ccccc23)CCN1. The molecule has 0 spiro atoms. The van der Waals surface area contributed by atoms with Crippen molar-refractivity contribution in [1.82, 2.24) is 9.69 Å². The summed E-state index contributed by atoms with van der Waals surface area (Å²) >= 11 is 1.60. The lowest BCUT2D eigenvalue weighted by atomic mass is 10.2. The predicted octanol–water partition coefficient (Wildman–Crippen LogP) is 2.09. The van der Waals surface area contributed by atoms with E-state index >= 15 is 0 Å². The minimum absolute atomic E-state index is 0.550. The van der Waals surface area contributed by atoms with E-state index in [9.17, 15) is 0 Å². The number of rotatable bonds is 1. The van der Waals surface area contributed by atoms with Crippen LogP contribution in [0.1, 0.15) is 6.92 Å². The number of fused-ring (bicyclic) bond motifs is 1. The molecule has 0 unspecified atom stereocenters. The van der Waals surface area contributed by atoms with Crippen LogP contribution in [0.5, 0.6) is 0 Å². The van der Waals surface area contributed by atoms with Crippen LogP contribution in [0.25, 0.3) is 10.1 Å². The molecule has 1 saturated heterocycles. The van der Waals surface area contributed by atoms with Gasteiger partial charge >= 0.3 is 0 Å². The molecule has 1 N–H and O–H groups in total. The predicted molar refractivity (Wildman–Crippen MR) is 69.3 cm³/mol. The van der Waals surface area contributed by atoms with Crippen LogP contribution in [0, 0.1) is 0 Å². The van der Waals surface area contributed by atoms with Gasteiger partial charge in [-0.2, -0.15) is 4.37 Å². The average molecular weight is 233 g/mol. The van der Waals surface area contributed by atoms with Gasteiger partial charge in [0.05, 0.1) is 4.70 Å². The number of nitrogens with zero attached hydrogens (tertiary/aromatic N) is 2. The van der Waals surface area contributed by atoms with E-state index in [4.69, 9.17) is 0 Å². The molecule has 0 amide bonds. The molecule has 1 fully saturated rings. The Morgan fingerprint density at radius 2 is 2.31 bits per heavy atom. The minimum atomic E-state index is 0.550. The third kappa shape index (κ3) is 1.68. The van der Waals surface area contributed by atoms with E-state index in [2.05, 4.69) is 45.8 Å². The van der Waals surface area contributed by atoms with Gasteiger partial charge in [-0.3, -0.25) is 0 Å². The zero-order valence-electron chi connectivity index (χ0n) is 9.31. The van der Waals surface area contributed by atoms with Crippen LogP contribution in [-0.4, -0.2) is 30.0 Å². The molecule has 0 bridgehead atoms. The summed E-state index contributed by atoms with van der Waals surface area (Å²) in [6.07, 6.45) is 0. The molecule has 84 valence electrons. The lowest BCUT2D eigenvalue weighted by Gasteiger charge is -2.32. The fraction of sp³-hybridized carbons (Fsp3) is 0.417. The Labute approximate surface area is 99.2 Å². The number of hydrogen-bond donors (Lipinski definition) is 1. The van der Waals surface area contributed by atoms with Gasteiger partial charge in [0.15, 0.2) is 0 Å². The lowest BCUT2D eigenvalue weighted by molar-refractivity contribution is 0.484. The molecule has 3 nitrogen and oxygen atoms in total. The van der Waals surface area contributed by atoms with Crippen molar-refractivity contribution in [1.29, 1.82) is 0 Å². The van der Waals surface area contributed by atoms with Gasteiger partial charge < -0.3 is 10.2 Å². The largest absolute Gasteiger partial charge is 0.352 e. The first-order chi connectivity index (χ1) is 7.84. The first-order valence-corrected chi connectivity index (χ1v) is 6.44. The van der Waals surface area contributed by atoms with Gasteiger partial charge in [-0.25, -0.2) is 0 Å². The summed E-state index contributed by atoms with van der Waals surface area (Å²) in [5.41, 5.74) is 0. The van der Waals surface area contributed by atoms with Crippen molar-refractivity contribution in [2.24, 2.45) is 0 Å². The van der Waals surface area contributed by atoms with Gasteiger partial charge in [0, 0.05) is 31.1 Å². The maximum atomic E-state index is 4.59. The van der Waals surface area contributed by atoms with Crippen LogP contribution in [0.15, 0.2) is 24.3 Å². The molecule has 0 radical (unpaired) electrons. The summed E-state index contributed by atoms with van der Waals surface area (Å²) in [4.78, 5) is 2.39. The first-order valence-electron chi connectivity index (χ1n) is 5.67. The van der Waals surface area contributed by atoms with Gasteiger partial charge in [0.1, 0.15) is 5.82 Å². The number of aromatic nitrogens is 1. The molecule has 1 aromatic carbocycles. The van der Waals surface area contributed by atoms with Gasteiger partial charge in [0.2, 0.25) is 0 Å². The van der Waals surface area contributed by atoms with Crippen molar-refractivity contribution < 1.29 is 0 Å². The van der Waals surface area contributed by atoms with Gasteiger partial charge in [0.25, 0.3) is 0 Å². The summed E-state index contributed by atoms with van der Waals surface area (Å²) < 4.78 is 5.87. The summed E-state index contributed by atoms with van der Waals surface area (Å²) in [5, 5.41) is 4.75. The highest BCUT2D eigenvalue weighted by molar-refractivity contribution is 7.13. The highest BCUT2D eigenvalue weighted by Gasteiger charge is 2.19. The topological polar surface area (TPSA) is 28.2 Å². The second-order valence-electron chi connectivity index (χ2n) is 4.30. The maximum Gasteiger partial charge on any atom is 0.150 e. The van der Waals surface area contributed by atoms with E-state index in [1.165, 1.54) is 10.1 Å². The number of nitrogens with one attached hydrogen (secondary N) is 1. The van der Waals surface area contributed by atoms with Crippen molar-refractivity contribution in [3.8, 4) is 0 Å². The highest BCUT2D eigenvalue weighted by atomic mass is 32.1. The summed E-state index contributed by atoms with van der Waals surface area (Å²) in [7, 11) is 0. The second-order valence-corrected chi connectivity index (χ2v) is 5.11. The molecule has 1 aromatic heterocycles. The average Bonchev–Trinajstić information content (AvgIpc) is 2.72. The first kappa shape index (κ1) is 10.1. The molecule has 4 heteroatoms. The molecule has 3 rings (SSSR count). The van der Waals surface area contributed by atoms with Crippen LogP contribution in [-0.2, 0) is 0 Å². The summed E-state index contributed by atoms with van der Waals surface area (Å²) in [5.74, 6) is 1.16. The zero-order chi connectivity index (χ0) is 11.0. The number of piperazine rings is 1. The van der Waals surface area contributed by atoms with E-state index in [0.29, 0.717) is 6.04 Å². The molecule has 16 heavy (non-hydrogen) atoms. The Hall–Kier alpha value is -1.13. The van der Waals surface area contributed by atoms with Crippen LogP contribution >= 0.6 is 11.5 Å². The molecular weight excluding hydrogens is 218 g/mol. The van der Waals surface area contributed by atoms with Crippen molar-refractivity contribution in [3.05, 3.63) is 24.3 Å². The Kier molecular flexibility index (Phi) is 2.53. The van der Waals surface area contributed by atoms with Crippen molar-refractivity contribution in [2.45, 2.75) is 13.0 Å². The molecular formula is C12H15N3S. The summed E-state index contributed by atoms with van der Waals surface area (Å²) in [6.45, 7) is 5.37. The zero-order valence-corrected chi connectivity index (χ0v) is 10.1. The monoisotopic (exact) mass is 233 g/mol. The highest BCUT2D eigenvalue weighted by Crippen LogP contribution is 2.29. The van der Waals surface area contributed by atoms with Crippen molar-refractivity contribution in [2.75, 3.05) is 24.5 Å². The van der Waals surface area contributed by atoms with Gasteiger partial charge in [-0.05, 0) is 30.6 Å². The number of anilines is 1. The van der Waals surface area contributed by atoms with Crippen LogP contribution in [0.2, 0.25) is 0 Å². The van der Waals surface area contributed by atoms with Crippen LogP contribution < -0.4 is 10.2 Å². The maximum absolute atomic E-state index is 4.59. The van der Waals surface area contributed by atoms with E-state index in [0.717, 1.165) is 25.5 Å². The third-order valence-corrected chi connectivity index (χ3v) is 3.84. The fourth-order valence-electron chi connectivity index (χ4n) is 2.23. The van der Waals surface area contributed by atoms with Gasteiger partial charge in [-0.15, -0.1) is 0 Å². The van der Waals surface area contributed by atoms with Crippen LogP contribution in [0.3, 0.4) is 0 Å². The lowest BCUT2D eigenvalue weighted by Crippen LogP contribution is -2.49. The Morgan fingerprint density at radius 1 is 1.44 bits per heavy atom. The Bertz CT molecular complexity index is 494. The number of hydrogen-bond acceptors (Lipinski definition) is 4. The molecule has 0 saturated carbocycles. The smallest absolute Gasteiger partial charge is 0.150 e. The molecule has 1 aliphatic heterocycles. The van der Waals surface area contributed by atoms with E-state index in [-0.39, 0.29) is 0 Å². The normalized spacial score (nSPS) is 21.6. The molecule has 1 aliphatic rings. The standard InChI is InChI=1S/C12H15N3S/c1-9-8-15(7-6-13-9)12-10-4-2-3-5-11(10)16-14-12/h2-5,9,13H,6-8H2,1H3/t9-/m1/s1. The molecule has 2 aromatic rings. The Balaban J connectivity index is 1.99. The quantitative estimate of drug-likeness (QED) is 0.817. The molecule has 1 atom stereocenters. The van der Waals surface area contributed by atoms with Crippen molar-refractivity contribution in [3.63, 3.8) is 0 Å². The summed E-state index contributed by atoms with van der Waals surface area (Å²) in [6, 6.07) is 9.02. The van der Waals surface area contributed by atoms with Crippen LogP contribution in [0.4, 0.5) is 5.82 Å². The third-order valence-electron chi connectivity index (χ3n) is 3.03. The van der Waals surface area contributed by atoms with E-state index in [1.54, 1.807) is 11.5 Å². The second kappa shape index (κ2) is 4.03. The Morgan fingerprint density at radius 3 is 3.19 bits per heavy atom. The molecule has 0 aliphatic carbocycles. The van der Waals surface area contributed by atoms with E-state index < -0.39 is 0 Å². The molecule has 2 heterocycles. The van der Waals surface area contributed by atoms with Gasteiger partial charge in [-0.1, -0.05) is 12.1 Å². The van der Waals surface area contributed by atoms with Crippen molar-refractivity contribution >= 4 is 27.4 Å². The minimum Gasteiger partial charge on any atom is -0.352 e. The number of benzene rings is 1. The van der Waals surface area contributed by atoms with E-state index in [1.807, 2.05) is 0 Å².